The van der Waals surface area contributed by atoms with Crippen LogP contribution in [0.15, 0.2) is 24.3 Å². The molecule has 104 valence electrons. The highest BCUT2D eigenvalue weighted by Gasteiger charge is 2.06. The van der Waals surface area contributed by atoms with E-state index in [1.54, 1.807) is 0 Å². The Morgan fingerprint density at radius 2 is 1.95 bits per heavy atom. The maximum Gasteiger partial charge on any atom is 0.150 e. The highest BCUT2D eigenvalue weighted by Crippen LogP contribution is 2.27. The molecule has 0 saturated heterocycles. The molecule has 0 aromatic heterocycles. The zero-order chi connectivity index (χ0) is 14.1. The van der Waals surface area contributed by atoms with Gasteiger partial charge < -0.3 is 0 Å². The maximum absolute atomic E-state index is 10.8. The molecule has 0 fully saturated rings. The van der Waals surface area contributed by atoms with Gasteiger partial charge in [-0.05, 0) is 59.1 Å². The molecule has 1 rings (SSSR count). The van der Waals surface area contributed by atoms with Gasteiger partial charge in [-0.3, -0.25) is 4.79 Å². The van der Waals surface area contributed by atoms with Crippen molar-refractivity contribution in [3.63, 3.8) is 0 Å². The van der Waals surface area contributed by atoms with Gasteiger partial charge in [-0.25, -0.2) is 0 Å². The number of aldehydes is 1. The van der Waals surface area contributed by atoms with Crippen LogP contribution in [0.1, 0.15) is 68.3 Å². The van der Waals surface area contributed by atoms with Gasteiger partial charge in [0.05, 0.1) is 0 Å². The molecule has 0 heterocycles. The van der Waals surface area contributed by atoms with E-state index in [0.717, 1.165) is 24.7 Å². The van der Waals surface area contributed by atoms with E-state index in [0.29, 0.717) is 0 Å². The summed E-state index contributed by atoms with van der Waals surface area (Å²) in [6.45, 7) is 4.45. The van der Waals surface area contributed by atoms with E-state index in [4.69, 9.17) is 0 Å². The zero-order valence-corrected chi connectivity index (χ0v) is 14.1. The van der Waals surface area contributed by atoms with Gasteiger partial charge in [0.2, 0.25) is 0 Å². The van der Waals surface area contributed by atoms with Gasteiger partial charge >= 0.3 is 0 Å². The fraction of sp³-hybridized carbons (Fsp3) is 0.471. The highest BCUT2D eigenvalue weighted by atomic mass is 127. The lowest BCUT2D eigenvalue weighted by Gasteiger charge is -2.10. The Balaban J connectivity index is 2.95. The van der Waals surface area contributed by atoms with Crippen LogP contribution in [-0.2, 0) is 0 Å². The smallest absolute Gasteiger partial charge is 0.150 e. The van der Waals surface area contributed by atoms with Gasteiger partial charge in [-0.2, -0.15) is 0 Å². The zero-order valence-electron chi connectivity index (χ0n) is 11.9. The minimum atomic E-state index is 0.761. The quantitative estimate of drug-likeness (QED) is 0.318. The van der Waals surface area contributed by atoms with Crippen molar-refractivity contribution in [1.29, 1.82) is 0 Å². The van der Waals surface area contributed by atoms with Gasteiger partial charge in [0, 0.05) is 9.13 Å². The van der Waals surface area contributed by atoms with E-state index < -0.39 is 0 Å². The first-order valence-corrected chi connectivity index (χ1v) is 8.24. The average Bonchev–Trinajstić information content (AvgIpc) is 2.43. The summed E-state index contributed by atoms with van der Waals surface area (Å²) in [6.07, 6.45) is 10.5. The molecule has 0 atom stereocenters. The molecule has 19 heavy (non-hydrogen) atoms. The molecule has 0 amide bonds. The first-order valence-electron chi connectivity index (χ1n) is 7.17. The van der Waals surface area contributed by atoms with Gasteiger partial charge in [-0.1, -0.05) is 51.3 Å². The van der Waals surface area contributed by atoms with E-state index in [9.17, 15) is 4.79 Å². The second-order valence-corrected chi connectivity index (χ2v) is 5.99. The molecule has 0 aliphatic carbocycles. The summed E-state index contributed by atoms with van der Waals surface area (Å²) in [7, 11) is 0. The lowest BCUT2D eigenvalue weighted by Crippen LogP contribution is -1.92. The Morgan fingerprint density at radius 1 is 1.21 bits per heavy atom. The summed E-state index contributed by atoms with van der Waals surface area (Å²) < 4.78 is 1.18. The van der Waals surface area contributed by atoms with Gasteiger partial charge in [0.1, 0.15) is 6.29 Å². The topological polar surface area (TPSA) is 17.1 Å². The number of rotatable bonds is 8. The Morgan fingerprint density at radius 3 is 2.53 bits per heavy atom. The number of carbonyl (C=O) groups is 1. The molecule has 0 aliphatic heterocycles. The van der Waals surface area contributed by atoms with Crippen molar-refractivity contribution < 1.29 is 4.79 Å². The molecular formula is C17H23IO. The Labute approximate surface area is 130 Å². The summed E-state index contributed by atoms with van der Waals surface area (Å²) in [6, 6.07) is 5.99. The summed E-state index contributed by atoms with van der Waals surface area (Å²) in [4.78, 5) is 10.8. The van der Waals surface area contributed by atoms with Gasteiger partial charge in [0.25, 0.3) is 0 Å². The SMILES string of the molecule is CCCC/C=C(\CCCC)c1ccc(C=O)cc1I. The van der Waals surface area contributed by atoms with Crippen molar-refractivity contribution in [2.75, 3.05) is 0 Å². The van der Waals surface area contributed by atoms with Crippen molar-refractivity contribution in [3.8, 4) is 0 Å². The van der Waals surface area contributed by atoms with Crippen LogP contribution in [0.5, 0.6) is 0 Å². The minimum absolute atomic E-state index is 0.761. The Hall–Kier alpha value is -0.640. The molecule has 0 saturated carbocycles. The molecule has 1 aromatic carbocycles. The van der Waals surface area contributed by atoms with E-state index >= 15 is 0 Å². The summed E-state index contributed by atoms with van der Waals surface area (Å²) in [5, 5.41) is 0. The van der Waals surface area contributed by atoms with Crippen LogP contribution in [-0.4, -0.2) is 6.29 Å². The predicted molar refractivity (Wildman–Crippen MR) is 91.6 cm³/mol. The molecule has 0 radical (unpaired) electrons. The van der Waals surface area contributed by atoms with Crippen molar-refractivity contribution >= 4 is 34.5 Å². The van der Waals surface area contributed by atoms with E-state index in [2.05, 4.69) is 48.6 Å². The summed E-state index contributed by atoms with van der Waals surface area (Å²) in [5.74, 6) is 0. The molecular weight excluding hydrogens is 347 g/mol. The highest BCUT2D eigenvalue weighted by molar-refractivity contribution is 14.1. The Kier molecular flexibility index (Phi) is 8.03. The standard InChI is InChI=1S/C17H23IO/c1-3-5-7-9-15(8-6-4-2)16-11-10-14(13-19)12-17(16)18/h9-13H,3-8H2,1-2H3/b15-9+. The lowest BCUT2D eigenvalue weighted by atomic mass is 9.97. The van der Waals surface area contributed by atoms with E-state index in [1.807, 2.05) is 12.1 Å². The van der Waals surface area contributed by atoms with E-state index in [-0.39, 0.29) is 0 Å². The molecule has 0 spiro atoms. The van der Waals surface area contributed by atoms with Gasteiger partial charge in [0.15, 0.2) is 0 Å². The van der Waals surface area contributed by atoms with Crippen molar-refractivity contribution in [1.82, 2.24) is 0 Å². The molecule has 2 heteroatoms. The van der Waals surface area contributed by atoms with Crippen molar-refractivity contribution in [2.45, 2.75) is 52.4 Å². The summed E-state index contributed by atoms with van der Waals surface area (Å²) in [5.41, 5.74) is 3.50. The minimum Gasteiger partial charge on any atom is -0.298 e. The molecule has 0 unspecified atom stereocenters. The molecule has 1 nitrogen and oxygen atoms in total. The summed E-state index contributed by atoms with van der Waals surface area (Å²) >= 11 is 2.34. The fourth-order valence-corrected chi connectivity index (χ4v) is 2.95. The number of benzene rings is 1. The number of halogens is 1. The fourth-order valence-electron chi connectivity index (χ4n) is 2.06. The van der Waals surface area contributed by atoms with Crippen LogP contribution >= 0.6 is 22.6 Å². The first-order chi connectivity index (χ1) is 9.22. The number of hydrogen-bond donors (Lipinski definition) is 0. The maximum atomic E-state index is 10.8. The second-order valence-electron chi connectivity index (χ2n) is 4.83. The van der Waals surface area contributed by atoms with Gasteiger partial charge in [-0.15, -0.1) is 0 Å². The Bertz CT molecular complexity index is 435. The van der Waals surface area contributed by atoms with E-state index in [1.165, 1.54) is 40.4 Å². The predicted octanol–water partition coefficient (Wildman–Crippen LogP) is 5.87. The third kappa shape index (κ3) is 5.47. The number of carbonyl (C=O) groups excluding carboxylic acids is 1. The van der Waals surface area contributed by atoms with Crippen LogP contribution in [0.25, 0.3) is 5.57 Å². The second kappa shape index (κ2) is 9.29. The third-order valence-corrected chi connectivity index (χ3v) is 4.12. The van der Waals surface area contributed by atoms with Crippen LogP contribution < -0.4 is 0 Å². The van der Waals surface area contributed by atoms with Crippen LogP contribution in [0, 0.1) is 3.57 Å². The average molecular weight is 370 g/mol. The first kappa shape index (κ1) is 16.4. The number of hydrogen-bond acceptors (Lipinski definition) is 1. The van der Waals surface area contributed by atoms with Crippen molar-refractivity contribution in [3.05, 3.63) is 39.0 Å². The largest absolute Gasteiger partial charge is 0.298 e. The normalized spacial score (nSPS) is 11.6. The van der Waals surface area contributed by atoms with Crippen LogP contribution in [0.2, 0.25) is 0 Å². The molecule has 1 aromatic rings. The monoisotopic (exact) mass is 370 g/mol. The molecule has 0 aliphatic rings. The van der Waals surface area contributed by atoms with Crippen LogP contribution in [0.3, 0.4) is 0 Å². The molecule has 0 N–H and O–H groups in total. The third-order valence-electron chi connectivity index (χ3n) is 3.22. The molecule has 0 bridgehead atoms. The lowest BCUT2D eigenvalue weighted by molar-refractivity contribution is 0.112. The van der Waals surface area contributed by atoms with Crippen LogP contribution in [0.4, 0.5) is 0 Å². The number of unbranched alkanes of at least 4 members (excludes halogenated alkanes) is 3. The van der Waals surface area contributed by atoms with Crippen molar-refractivity contribution in [2.24, 2.45) is 0 Å². The number of allylic oxidation sites excluding steroid dienone is 2.